The van der Waals surface area contributed by atoms with Crippen LogP contribution in [0.5, 0.6) is 0 Å². The molecule has 1 N–H and O–H groups in total. The van der Waals surface area contributed by atoms with Gasteiger partial charge in [0.2, 0.25) is 5.91 Å². The number of thioether (sulfide) groups is 1. The lowest BCUT2D eigenvalue weighted by molar-refractivity contribution is -0.137. The smallest absolute Gasteiger partial charge is 0.391 e. The van der Waals surface area contributed by atoms with Crippen LogP contribution in [0.3, 0.4) is 0 Å². The lowest BCUT2D eigenvalue weighted by Crippen LogP contribution is -2.49. The highest BCUT2D eigenvalue weighted by molar-refractivity contribution is 8.00. The number of nitrogens with zero attached hydrogens (tertiary/aromatic N) is 1. The first-order chi connectivity index (χ1) is 15.3. The van der Waals surface area contributed by atoms with Gasteiger partial charge in [0, 0.05) is 11.4 Å². The molecule has 164 valence electrons. The van der Waals surface area contributed by atoms with Crippen LogP contribution in [0.25, 0.3) is 0 Å². The summed E-state index contributed by atoms with van der Waals surface area (Å²) >= 11 is 1.41. The Hall–Kier alpha value is -2.77. The topological polar surface area (TPSA) is 40.5 Å². The van der Waals surface area contributed by atoms with Gasteiger partial charge >= 0.3 is 6.18 Å². The predicted octanol–water partition coefficient (Wildman–Crippen LogP) is 5.34. The molecule has 0 aromatic heterocycles. The molecule has 1 saturated heterocycles. The zero-order valence-corrected chi connectivity index (χ0v) is 17.7. The molecule has 5 rings (SSSR count). The minimum atomic E-state index is -4.43. The molecule has 0 bridgehead atoms. The van der Waals surface area contributed by atoms with Crippen LogP contribution in [-0.4, -0.2) is 22.9 Å². The van der Waals surface area contributed by atoms with Gasteiger partial charge in [-0.05, 0) is 34.9 Å². The first-order valence-corrected chi connectivity index (χ1v) is 11.3. The summed E-state index contributed by atoms with van der Waals surface area (Å²) in [7, 11) is 0. The lowest BCUT2D eigenvalue weighted by atomic mass is 9.72. The van der Waals surface area contributed by atoms with Gasteiger partial charge in [-0.25, -0.2) is 0 Å². The molecule has 0 unspecified atom stereocenters. The zero-order valence-electron chi connectivity index (χ0n) is 16.9. The van der Waals surface area contributed by atoms with Crippen molar-refractivity contribution in [2.75, 3.05) is 10.7 Å². The Kier molecular flexibility index (Phi) is 5.06. The van der Waals surface area contributed by atoms with Crippen molar-refractivity contribution in [2.24, 2.45) is 0 Å². The summed E-state index contributed by atoms with van der Waals surface area (Å²) in [6.07, 6.45) is -5.38. The molecular weight excluding hydrogens is 435 g/mol. The van der Waals surface area contributed by atoms with E-state index in [-0.39, 0.29) is 5.91 Å². The van der Waals surface area contributed by atoms with Gasteiger partial charge in [-0.15, -0.1) is 11.8 Å². The number of amides is 1. The van der Waals surface area contributed by atoms with Crippen molar-refractivity contribution in [1.82, 2.24) is 0 Å². The molecule has 2 aliphatic rings. The second-order valence-corrected chi connectivity index (χ2v) is 9.25. The van der Waals surface area contributed by atoms with Crippen molar-refractivity contribution < 1.29 is 23.1 Å². The van der Waals surface area contributed by atoms with Crippen molar-refractivity contribution in [3.05, 3.63) is 101 Å². The number of carbonyl (C=O) groups excluding carboxylic acids is 1. The summed E-state index contributed by atoms with van der Waals surface area (Å²) in [5, 5.41) is 10.7. The number of aliphatic hydroxyl groups excluding tert-OH is 1. The van der Waals surface area contributed by atoms with E-state index < -0.39 is 28.5 Å². The van der Waals surface area contributed by atoms with Crippen LogP contribution >= 0.6 is 11.8 Å². The Balaban J connectivity index is 1.60. The molecule has 0 aliphatic carbocycles. The number of benzene rings is 3. The molecule has 7 heteroatoms. The van der Waals surface area contributed by atoms with Gasteiger partial charge in [0.1, 0.15) is 5.41 Å². The monoisotopic (exact) mass is 455 g/mol. The van der Waals surface area contributed by atoms with Crippen LogP contribution in [0.15, 0.2) is 78.9 Å². The molecule has 32 heavy (non-hydrogen) atoms. The molecule has 3 nitrogen and oxygen atoms in total. The van der Waals surface area contributed by atoms with Crippen LogP contribution in [-0.2, 0) is 22.9 Å². The van der Waals surface area contributed by atoms with E-state index in [4.69, 9.17) is 0 Å². The highest BCUT2D eigenvalue weighted by Gasteiger charge is 2.63. The van der Waals surface area contributed by atoms with E-state index in [0.29, 0.717) is 17.9 Å². The molecule has 3 atom stereocenters. The van der Waals surface area contributed by atoms with Crippen molar-refractivity contribution in [2.45, 2.75) is 29.5 Å². The number of carbonyl (C=O) groups is 1. The molecule has 1 spiro atoms. The number of rotatable bonds is 3. The molecule has 0 saturated carbocycles. The largest absolute Gasteiger partial charge is 0.416 e. The summed E-state index contributed by atoms with van der Waals surface area (Å²) in [4.78, 5) is 15.7. The third-order valence-electron chi connectivity index (χ3n) is 6.32. The number of para-hydroxylation sites is 1. The molecule has 2 aliphatic heterocycles. The summed E-state index contributed by atoms with van der Waals surface area (Å²) in [6, 6.07) is 21.9. The Morgan fingerprint density at radius 3 is 2.31 bits per heavy atom. The van der Waals surface area contributed by atoms with Crippen molar-refractivity contribution >= 4 is 23.4 Å². The number of fused-ring (bicyclic) bond motifs is 2. The molecule has 3 aromatic carbocycles. The molecule has 3 aromatic rings. The maximum atomic E-state index is 14.0. The molecular formula is C25H20F3NO2S. The zero-order chi connectivity index (χ0) is 22.5. The van der Waals surface area contributed by atoms with Gasteiger partial charge in [0.05, 0.1) is 23.5 Å². The van der Waals surface area contributed by atoms with Crippen molar-refractivity contribution in [1.29, 1.82) is 0 Å². The SMILES string of the molecule is O=C1N(Cc2ccccc2)c2ccccc2[C@]12[C@@H](c1ccc(C(F)(F)F)cc1)SC[C@@H]2O. The van der Waals surface area contributed by atoms with Crippen LogP contribution < -0.4 is 4.90 Å². The van der Waals surface area contributed by atoms with E-state index in [1.807, 2.05) is 54.6 Å². The highest BCUT2D eigenvalue weighted by atomic mass is 32.2. The Morgan fingerprint density at radius 1 is 0.969 bits per heavy atom. The third-order valence-corrected chi connectivity index (χ3v) is 7.81. The summed E-state index contributed by atoms with van der Waals surface area (Å²) < 4.78 is 39.2. The van der Waals surface area contributed by atoms with Crippen molar-refractivity contribution in [3.63, 3.8) is 0 Å². The standard InChI is InChI=1S/C25H20F3NO2S/c26-25(27,28)18-12-10-17(11-13-18)22-24(21(30)15-32-22)19-8-4-5-9-20(19)29(23(24)31)14-16-6-2-1-3-7-16/h1-13,21-22,30H,14-15H2/t21-,22+,24-/m0/s1. The molecule has 1 fully saturated rings. The van der Waals surface area contributed by atoms with Crippen LogP contribution in [0, 0.1) is 0 Å². The number of halogens is 3. The van der Waals surface area contributed by atoms with Crippen LogP contribution in [0.1, 0.15) is 27.5 Å². The number of hydrogen-bond donors (Lipinski definition) is 1. The number of alkyl halides is 3. The number of aliphatic hydroxyl groups is 1. The summed E-state index contributed by atoms with van der Waals surface area (Å²) in [5.74, 6) is 0.107. The van der Waals surface area contributed by atoms with Gasteiger partial charge in [-0.3, -0.25) is 4.79 Å². The summed E-state index contributed by atoms with van der Waals surface area (Å²) in [5.41, 5.74) is 1.05. The fourth-order valence-corrected chi connectivity index (χ4v) is 6.47. The lowest BCUT2D eigenvalue weighted by Gasteiger charge is -2.33. The summed E-state index contributed by atoms with van der Waals surface area (Å²) in [6.45, 7) is 0.357. The highest BCUT2D eigenvalue weighted by Crippen LogP contribution is 2.60. The van der Waals surface area contributed by atoms with E-state index in [9.17, 15) is 23.1 Å². The first kappa shape index (κ1) is 21.1. The maximum absolute atomic E-state index is 14.0. The normalized spacial score (nSPS) is 24.9. The van der Waals surface area contributed by atoms with Crippen molar-refractivity contribution in [3.8, 4) is 0 Å². The van der Waals surface area contributed by atoms with Gasteiger partial charge in [0.25, 0.3) is 0 Å². The Labute approximate surface area is 187 Å². The second-order valence-electron chi connectivity index (χ2n) is 8.11. The van der Waals surface area contributed by atoms with E-state index in [0.717, 1.165) is 28.9 Å². The quantitative estimate of drug-likeness (QED) is 0.580. The minimum Gasteiger partial charge on any atom is -0.391 e. The molecule has 2 heterocycles. The first-order valence-electron chi connectivity index (χ1n) is 10.3. The Bertz CT molecular complexity index is 1150. The number of hydrogen-bond acceptors (Lipinski definition) is 3. The van der Waals surface area contributed by atoms with Gasteiger partial charge in [-0.2, -0.15) is 13.2 Å². The predicted molar refractivity (Wildman–Crippen MR) is 118 cm³/mol. The Morgan fingerprint density at radius 2 is 1.62 bits per heavy atom. The van der Waals surface area contributed by atoms with E-state index >= 15 is 0 Å². The van der Waals surface area contributed by atoms with E-state index in [1.54, 1.807) is 4.90 Å². The fraction of sp³-hybridized carbons (Fsp3) is 0.240. The second kappa shape index (κ2) is 7.67. The van der Waals surface area contributed by atoms with Gasteiger partial charge in [0.15, 0.2) is 0 Å². The minimum absolute atomic E-state index is 0.218. The maximum Gasteiger partial charge on any atom is 0.416 e. The molecule has 1 amide bonds. The van der Waals surface area contributed by atoms with E-state index in [1.165, 1.54) is 23.9 Å². The molecule has 0 radical (unpaired) electrons. The average molecular weight is 456 g/mol. The van der Waals surface area contributed by atoms with Crippen LogP contribution in [0.2, 0.25) is 0 Å². The van der Waals surface area contributed by atoms with Gasteiger partial charge < -0.3 is 10.0 Å². The third kappa shape index (κ3) is 3.14. The van der Waals surface area contributed by atoms with Gasteiger partial charge in [-0.1, -0.05) is 60.7 Å². The average Bonchev–Trinajstić information content (AvgIpc) is 3.26. The van der Waals surface area contributed by atoms with E-state index in [2.05, 4.69) is 0 Å². The number of anilines is 1. The van der Waals surface area contributed by atoms with Crippen LogP contribution in [0.4, 0.5) is 18.9 Å². The fourth-order valence-electron chi connectivity index (χ4n) is 4.84.